The van der Waals surface area contributed by atoms with Crippen LogP contribution in [0.1, 0.15) is 126 Å². The summed E-state index contributed by atoms with van der Waals surface area (Å²) in [6.07, 6.45) is 4.21. The van der Waals surface area contributed by atoms with Crippen LogP contribution in [0.4, 0.5) is 0 Å². The first kappa shape index (κ1) is 77.3. The third-order valence-electron chi connectivity index (χ3n) is 21.9. The van der Waals surface area contributed by atoms with E-state index < -0.39 is 13.7 Å². The lowest BCUT2D eigenvalue weighted by molar-refractivity contribution is -0.666. The smallest absolute Gasteiger partial charge is 0.201 e. The second-order valence-electron chi connectivity index (χ2n) is 30.3. The van der Waals surface area contributed by atoms with E-state index in [1.807, 2.05) is 50.4 Å². The highest BCUT2D eigenvalue weighted by Crippen LogP contribution is 2.31. The van der Waals surface area contributed by atoms with E-state index in [0.29, 0.717) is 11.3 Å². The second-order valence-corrected chi connectivity index (χ2v) is 30.3. The normalized spacial score (nSPS) is 11.5. The van der Waals surface area contributed by atoms with E-state index in [0.717, 1.165) is 33.8 Å². The molecule has 0 amide bonds. The molecule has 0 atom stereocenters. The zero-order valence-electron chi connectivity index (χ0n) is 77.9. The van der Waals surface area contributed by atoms with Crippen LogP contribution in [0.15, 0.2) is 255 Å². The molecule has 112 heavy (non-hydrogen) atoms. The highest BCUT2D eigenvalue weighted by Gasteiger charge is 2.22. The lowest BCUT2D eigenvalue weighted by Crippen LogP contribution is -2.34. The zero-order valence-corrected chi connectivity index (χ0v) is 71.9. The van der Waals surface area contributed by atoms with Crippen LogP contribution < -0.4 is 32.0 Å². The fourth-order valence-corrected chi connectivity index (χ4v) is 14.4. The predicted octanol–water partition coefficient (Wildman–Crippen LogP) is 21.7. The van der Waals surface area contributed by atoms with E-state index in [4.69, 9.17) is 8.22 Å². The fourth-order valence-electron chi connectivity index (χ4n) is 14.4. The van der Waals surface area contributed by atoms with Crippen molar-refractivity contribution in [2.45, 2.75) is 145 Å². The summed E-state index contributed by atoms with van der Waals surface area (Å²) in [6, 6.07) is 83.4. The number of rotatable bonds is 7. The molecule has 14 aromatic rings. The summed E-state index contributed by atoms with van der Waals surface area (Å²) in [6.45, 7) is 36.4. The number of pyridine rings is 7. The Balaban J connectivity index is 0.000000172. The van der Waals surface area contributed by atoms with Crippen molar-refractivity contribution < 1.29 is 40.2 Å². The quantitative estimate of drug-likeness (QED) is 0.142. The van der Waals surface area contributed by atoms with E-state index in [1.165, 1.54) is 151 Å². The molecular formula is C105H126N7+7. The number of benzene rings is 7. The highest BCUT2D eigenvalue weighted by molar-refractivity contribution is 5.70. The summed E-state index contributed by atoms with van der Waals surface area (Å²) in [7, 11) is 14.4. The van der Waals surface area contributed by atoms with Crippen LogP contribution in [0.25, 0.3) is 78.8 Å². The van der Waals surface area contributed by atoms with Crippen LogP contribution in [0.5, 0.6) is 0 Å². The Morgan fingerprint density at radius 1 is 0.205 bits per heavy atom. The molecule has 0 saturated heterocycles. The van der Waals surface area contributed by atoms with Gasteiger partial charge in [-0.2, -0.15) is 22.8 Å². The number of aromatic nitrogens is 7. The summed E-state index contributed by atoms with van der Waals surface area (Å²) < 4.78 is 60.1. The van der Waals surface area contributed by atoms with Crippen molar-refractivity contribution in [3.63, 3.8) is 0 Å². The van der Waals surface area contributed by atoms with Gasteiger partial charge < -0.3 is 0 Å². The van der Waals surface area contributed by atoms with Crippen molar-refractivity contribution in [2.75, 3.05) is 0 Å². The minimum atomic E-state index is -2.09. The van der Waals surface area contributed by atoms with Gasteiger partial charge in [-0.05, 0) is 245 Å². The molecule has 7 aromatic carbocycles. The summed E-state index contributed by atoms with van der Waals surface area (Å²) in [5.41, 5.74) is 42.4. The largest absolute Gasteiger partial charge is 0.215 e. The lowest BCUT2D eigenvalue weighted by Gasteiger charge is -2.09. The molecule has 0 N–H and O–H groups in total. The van der Waals surface area contributed by atoms with E-state index >= 15 is 0 Å². The Morgan fingerprint density at radius 3 is 0.848 bits per heavy atom. The van der Waals surface area contributed by atoms with Crippen LogP contribution in [-0.2, 0) is 49.3 Å². The second kappa shape index (κ2) is 39.5. The fraction of sp³-hybridized carbons (Fsp3) is 0.267. The molecule has 0 aliphatic carbocycles. The Hall–Kier alpha value is -11.4. The molecule has 7 nitrogen and oxygen atoms in total. The SMILES string of the molecule is Cc1ccc(-c2cccc(C)[n+]2C)c(C)c1.Cc1ccc(C)c(-c2cccc(C)[n+]2C)c1.Cc1cccc(-c2cccc(C)[n+]2C)c1C.Cc1cccc(C)c1-c1c(C)ccc[n+]1C.Cc1cccc(C)c1-c1c(C)ccc[n+]1C.[2H]C([2H])([2H])c1ccc(-c2cccc(C)[n+]2C)c(C)c1.[2H]C([2H])([2H])c1cccc(-c2cccc(C)c2C)[n+]1C. The van der Waals surface area contributed by atoms with Crippen LogP contribution in [0.2, 0.25) is 0 Å². The summed E-state index contributed by atoms with van der Waals surface area (Å²) in [5, 5.41) is 0. The van der Waals surface area contributed by atoms with Gasteiger partial charge in [-0.25, -0.2) is 9.13 Å². The van der Waals surface area contributed by atoms with Crippen molar-refractivity contribution in [3.05, 3.63) is 373 Å². The van der Waals surface area contributed by atoms with Crippen molar-refractivity contribution in [2.24, 2.45) is 49.3 Å². The molecule has 7 heterocycles. The summed E-state index contributed by atoms with van der Waals surface area (Å²) >= 11 is 0. The van der Waals surface area contributed by atoms with Crippen molar-refractivity contribution in [3.8, 4) is 78.8 Å². The first-order valence-electron chi connectivity index (χ1n) is 41.9. The maximum atomic E-state index is 7.58. The van der Waals surface area contributed by atoms with E-state index in [9.17, 15) is 0 Å². The molecule has 0 radical (unpaired) electrons. The number of hydrogen-bond acceptors (Lipinski definition) is 0. The third kappa shape index (κ3) is 21.4. The van der Waals surface area contributed by atoms with E-state index in [-0.39, 0.29) is 0 Å². The van der Waals surface area contributed by atoms with Crippen LogP contribution in [0.3, 0.4) is 0 Å². The Bertz CT molecular complexity index is 5490. The Kier molecular flexibility index (Phi) is 27.3. The van der Waals surface area contributed by atoms with Gasteiger partial charge in [-0.1, -0.05) is 114 Å². The Labute approximate surface area is 682 Å². The first-order chi connectivity index (χ1) is 55.6. The molecule has 0 aliphatic rings. The van der Waals surface area contributed by atoms with Gasteiger partial charge in [-0.15, -0.1) is 0 Å². The molecule has 0 unspecified atom stereocenters. The molecule has 574 valence electrons. The molecule has 7 heteroatoms. The standard InChI is InChI=1S/7C15H18N/c2*1-11-7-5-9-14(13(11)3)15-10-6-8-12(2)16(15)4;2*1-11-7-5-8-12(2)14(11)15-13(3)9-6-10-16(15)4;2*1-11-8-9-14(12(2)10-11)15-7-5-6-13(3)16(15)4;1-11-8-9-12(2)14(10-11)15-7-5-6-13(3)16(15)4/h7*5-10H,1-4H3/q7*+1/i2D3;;;;1D3;;. The molecule has 0 fully saturated rings. The van der Waals surface area contributed by atoms with Gasteiger partial charge in [0.1, 0.15) is 49.3 Å². The van der Waals surface area contributed by atoms with Gasteiger partial charge in [0, 0.05) is 155 Å². The Morgan fingerprint density at radius 2 is 0.491 bits per heavy atom. The van der Waals surface area contributed by atoms with Gasteiger partial charge >= 0.3 is 0 Å². The first-order valence-corrected chi connectivity index (χ1v) is 38.9. The van der Waals surface area contributed by atoms with Crippen molar-refractivity contribution >= 4 is 0 Å². The maximum absolute atomic E-state index is 7.58. The minimum absolute atomic E-state index is 0.353. The third-order valence-corrected chi connectivity index (χ3v) is 21.9. The summed E-state index contributed by atoms with van der Waals surface area (Å²) in [5.74, 6) is 0. The van der Waals surface area contributed by atoms with E-state index in [2.05, 4.69) is 382 Å². The molecule has 0 saturated carbocycles. The van der Waals surface area contributed by atoms with Gasteiger partial charge in [-0.3, -0.25) is 0 Å². The van der Waals surface area contributed by atoms with Gasteiger partial charge in [0.15, 0.2) is 40.9 Å². The summed E-state index contributed by atoms with van der Waals surface area (Å²) in [4.78, 5) is 0. The molecule has 0 spiro atoms. The van der Waals surface area contributed by atoms with Gasteiger partial charge in [0.25, 0.3) is 0 Å². The minimum Gasteiger partial charge on any atom is -0.201 e. The molecule has 7 aromatic heterocycles. The topological polar surface area (TPSA) is 27.2 Å². The monoisotopic (exact) mass is 1490 g/mol. The van der Waals surface area contributed by atoms with Gasteiger partial charge in [0.05, 0.1) is 11.1 Å². The highest BCUT2D eigenvalue weighted by atomic mass is 15.0. The van der Waals surface area contributed by atoms with Crippen LogP contribution in [0, 0.1) is 145 Å². The molecular weight excluding hydrogens is 1360 g/mol. The average molecular weight is 1490 g/mol. The number of hydrogen-bond donors (Lipinski definition) is 0. The number of aryl methyl sites for hydroxylation is 21. The van der Waals surface area contributed by atoms with Crippen molar-refractivity contribution in [1.82, 2.24) is 0 Å². The molecule has 14 rings (SSSR count). The molecule has 0 aliphatic heterocycles. The van der Waals surface area contributed by atoms with Gasteiger partial charge in [0.2, 0.25) is 39.9 Å². The maximum Gasteiger partial charge on any atom is 0.215 e. The lowest BCUT2D eigenvalue weighted by atomic mass is 9.97. The van der Waals surface area contributed by atoms with Crippen LogP contribution >= 0.6 is 0 Å². The molecule has 0 bridgehead atoms. The predicted molar refractivity (Wildman–Crippen MR) is 471 cm³/mol. The van der Waals surface area contributed by atoms with E-state index in [1.54, 1.807) is 35.9 Å². The van der Waals surface area contributed by atoms with Crippen molar-refractivity contribution in [1.29, 1.82) is 0 Å². The average Bonchev–Trinajstić information content (AvgIpc) is 0.815. The number of nitrogens with zero attached hydrogens (tertiary/aromatic N) is 7. The van der Waals surface area contributed by atoms with Crippen LogP contribution in [-0.4, -0.2) is 0 Å². The zero-order chi connectivity index (χ0) is 86.9.